The minimum atomic E-state index is -0.288. The zero-order valence-electron chi connectivity index (χ0n) is 21.5. The number of ketones is 1. The highest BCUT2D eigenvalue weighted by Crippen LogP contribution is 2.75. The third-order valence-electron chi connectivity index (χ3n) is 12.5. The fourth-order valence-electron chi connectivity index (χ4n) is 10.5. The zero-order chi connectivity index (χ0) is 23.3. The van der Waals surface area contributed by atoms with Gasteiger partial charge in [0.1, 0.15) is 5.78 Å². The van der Waals surface area contributed by atoms with E-state index in [-0.39, 0.29) is 45.6 Å². The van der Waals surface area contributed by atoms with Crippen molar-refractivity contribution < 1.29 is 19.4 Å². The average Bonchev–Trinajstić information content (AvgIpc) is 3.30. The van der Waals surface area contributed by atoms with Gasteiger partial charge in [0, 0.05) is 25.4 Å². The van der Waals surface area contributed by atoms with Crippen molar-refractivity contribution in [2.75, 3.05) is 7.11 Å². The summed E-state index contributed by atoms with van der Waals surface area (Å²) in [5.74, 6) is 2.01. The van der Waals surface area contributed by atoms with Crippen LogP contribution in [0.4, 0.5) is 0 Å². The summed E-state index contributed by atoms with van der Waals surface area (Å²) in [7, 11) is 1.74. The van der Waals surface area contributed by atoms with E-state index in [9.17, 15) is 9.90 Å². The van der Waals surface area contributed by atoms with Crippen molar-refractivity contribution in [2.45, 2.75) is 117 Å². The third-order valence-corrected chi connectivity index (χ3v) is 12.5. The van der Waals surface area contributed by atoms with E-state index in [0.29, 0.717) is 30.0 Å². The monoisotopic (exact) mass is 446 g/mol. The molecule has 1 saturated heterocycles. The van der Waals surface area contributed by atoms with E-state index < -0.39 is 0 Å². The second kappa shape index (κ2) is 7.04. The first kappa shape index (κ1) is 23.3. The number of hydrogen-bond donors (Lipinski definition) is 1. The SMILES string of the molecule is COC1CCC(C)(C2CCC3(C)C2C(O)CC2C4(C)CCC(=O)C(C)(C)C4CCC23C)O1. The Hall–Kier alpha value is -0.450. The maximum Gasteiger partial charge on any atom is 0.158 e. The maximum atomic E-state index is 12.9. The van der Waals surface area contributed by atoms with E-state index in [2.05, 4.69) is 41.5 Å². The Balaban J connectivity index is 1.51. The number of methoxy groups -OCH3 is 1. The molecule has 5 rings (SSSR count). The molecular weight excluding hydrogens is 400 g/mol. The molecular formula is C28H46O4. The molecule has 1 aliphatic heterocycles. The highest BCUT2D eigenvalue weighted by molar-refractivity contribution is 5.85. The lowest BCUT2D eigenvalue weighted by Gasteiger charge is -2.69. The average molecular weight is 447 g/mol. The molecule has 0 aromatic rings. The Morgan fingerprint density at radius 2 is 1.59 bits per heavy atom. The summed E-state index contributed by atoms with van der Waals surface area (Å²) in [6.07, 6.45) is 8.79. The van der Waals surface area contributed by atoms with E-state index in [1.807, 2.05) is 0 Å². The molecule has 5 aliphatic rings. The lowest BCUT2D eigenvalue weighted by molar-refractivity contribution is -0.238. The highest BCUT2D eigenvalue weighted by atomic mass is 16.7. The Bertz CT molecular complexity index is 792. The van der Waals surface area contributed by atoms with Crippen LogP contribution in [0.2, 0.25) is 0 Å². The van der Waals surface area contributed by atoms with E-state index in [1.54, 1.807) is 7.11 Å². The summed E-state index contributed by atoms with van der Waals surface area (Å²) in [5, 5.41) is 11.8. The van der Waals surface area contributed by atoms with Crippen molar-refractivity contribution in [1.29, 1.82) is 0 Å². The summed E-state index contributed by atoms with van der Waals surface area (Å²) in [4.78, 5) is 12.9. The fraction of sp³-hybridized carbons (Fsp3) is 0.964. The first-order valence-electron chi connectivity index (χ1n) is 13.3. The second-order valence-corrected chi connectivity index (χ2v) is 13.7. The number of ether oxygens (including phenoxy) is 2. The number of rotatable bonds is 2. The van der Waals surface area contributed by atoms with Gasteiger partial charge in [-0.1, -0.05) is 34.6 Å². The van der Waals surface area contributed by atoms with Gasteiger partial charge in [0.15, 0.2) is 6.29 Å². The first-order valence-corrected chi connectivity index (χ1v) is 13.3. The standard InChI is InChI=1S/C28H46O4/c1-24(2)19-9-14-26(4)20(25(19,3)12-10-21(24)30)16-18(29)23-17(8-13-27(23,26)5)28(6)15-11-22(31-7)32-28/h17-20,22-23,29H,8-16H2,1-7H3. The molecule has 0 aromatic carbocycles. The molecule has 0 radical (unpaired) electrons. The first-order chi connectivity index (χ1) is 14.8. The number of aliphatic hydroxyl groups excluding tert-OH is 1. The van der Waals surface area contributed by atoms with E-state index in [4.69, 9.17) is 9.47 Å². The van der Waals surface area contributed by atoms with Crippen LogP contribution in [0.3, 0.4) is 0 Å². The van der Waals surface area contributed by atoms with Crippen LogP contribution in [0.1, 0.15) is 99.3 Å². The maximum absolute atomic E-state index is 12.9. The summed E-state index contributed by atoms with van der Waals surface area (Å²) in [6.45, 7) is 14.2. The van der Waals surface area contributed by atoms with Crippen molar-refractivity contribution in [2.24, 2.45) is 45.3 Å². The van der Waals surface area contributed by atoms with Gasteiger partial charge in [0.25, 0.3) is 0 Å². The van der Waals surface area contributed by atoms with Gasteiger partial charge in [-0.3, -0.25) is 4.79 Å². The van der Waals surface area contributed by atoms with Crippen molar-refractivity contribution >= 4 is 5.78 Å². The summed E-state index contributed by atoms with van der Waals surface area (Å²) in [6, 6.07) is 0. The molecule has 1 heterocycles. The lowest BCUT2D eigenvalue weighted by Crippen LogP contribution is -2.66. The summed E-state index contributed by atoms with van der Waals surface area (Å²) >= 11 is 0. The van der Waals surface area contributed by atoms with Crippen molar-refractivity contribution in [1.82, 2.24) is 0 Å². The number of Topliss-reactive ketones (excluding diaryl/α,β-unsaturated/α-hetero) is 1. The van der Waals surface area contributed by atoms with Gasteiger partial charge in [-0.2, -0.15) is 0 Å². The van der Waals surface area contributed by atoms with Gasteiger partial charge < -0.3 is 14.6 Å². The van der Waals surface area contributed by atoms with Gasteiger partial charge in [0.2, 0.25) is 0 Å². The number of fused-ring (bicyclic) bond motifs is 5. The molecule has 4 saturated carbocycles. The van der Waals surface area contributed by atoms with Crippen molar-refractivity contribution in [3.05, 3.63) is 0 Å². The quantitative estimate of drug-likeness (QED) is 0.586. The molecule has 4 aliphatic carbocycles. The smallest absolute Gasteiger partial charge is 0.158 e. The molecule has 182 valence electrons. The Labute approximate surface area is 195 Å². The van der Waals surface area contributed by atoms with E-state index in [0.717, 1.165) is 38.5 Å². The lowest BCUT2D eigenvalue weighted by atomic mass is 9.35. The molecule has 32 heavy (non-hydrogen) atoms. The van der Waals surface area contributed by atoms with Crippen LogP contribution in [-0.2, 0) is 14.3 Å². The molecule has 4 heteroatoms. The Morgan fingerprint density at radius 3 is 2.25 bits per heavy atom. The Morgan fingerprint density at radius 1 is 0.906 bits per heavy atom. The molecule has 0 amide bonds. The van der Waals surface area contributed by atoms with Gasteiger partial charge >= 0.3 is 0 Å². The molecule has 0 aromatic heterocycles. The van der Waals surface area contributed by atoms with Crippen molar-refractivity contribution in [3.8, 4) is 0 Å². The minimum Gasteiger partial charge on any atom is -0.393 e. The number of carbonyl (C=O) groups is 1. The van der Waals surface area contributed by atoms with Crippen LogP contribution in [0, 0.1) is 45.3 Å². The highest BCUT2D eigenvalue weighted by Gasteiger charge is 2.71. The van der Waals surface area contributed by atoms with Crippen LogP contribution in [0.15, 0.2) is 0 Å². The number of aliphatic hydroxyl groups is 1. The molecule has 5 fully saturated rings. The molecule has 0 bridgehead atoms. The summed E-state index contributed by atoms with van der Waals surface area (Å²) in [5.41, 5.74) is -0.00430. The Kier molecular flexibility index (Phi) is 5.13. The predicted octanol–water partition coefficient (Wildman–Crippen LogP) is 5.75. The van der Waals surface area contributed by atoms with Crippen LogP contribution < -0.4 is 0 Å². The summed E-state index contributed by atoms with van der Waals surface area (Å²) < 4.78 is 12.0. The van der Waals surface area contributed by atoms with Gasteiger partial charge in [-0.25, -0.2) is 0 Å². The molecule has 4 nitrogen and oxygen atoms in total. The van der Waals surface area contributed by atoms with Crippen LogP contribution in [0.5, 0.6) is 0 Å². The predicted molar refractivity (Wildman–Crippen MR) is 125 cm³/mol. The second-order valence-electron chi connectivity index (χ2n) is 13.7. The van der Waals surface area contributed by atoms with Crippen LogP contribution >= 0.6 is 0 Å². The molecule has 1 N–H and O–H groups in total. The topological polar surface area (TPSA) is 55.8 Å². The van der Waals surface area contributed by atoms with Gasteiger partial charge in [-0.15, -0.1) is 0 Å². The van der Waals surface area contributed by atoms with Gasteiger partial charge in [0.05, 0.1) is 11.7 Å². The number of carbonyl (C=O) groups excluding carboxylic acids is 1. The van der Waals surface area contributed by atoms with E-state index in [1.165, 1.54) is 12.8 Å². The van der Waals surface area contributed by atoms with Gasteiger partial charge in [-0.05, 0) is 91.8 Å². The van der Waals surface area contributed by atoms with E-state index >= 15 is 0 Å². The third kappa shape index (κ3) is 2.75. The zero-order valence-corrected chi connectivity index (χ0v) is 21.5. The fourth-order valence-corrected chi connectivity index (χ4v) is 10.5. The molecule has 10 atom stereocenters. The van der Waals surface area contributed by atoms with Crippen molar-refractivity contribution in [3.63, 3.8) is 0 Å². The van der Waals surface area contributed by atoms with Crippen LogP contribution in [0.25, 0.3) is 0 Å². The minimum absolute atomic E-state index is 0.104. The normalized spacial score (nSPS) is 57.1. The number of hydrogen-bond acceptors (Lipinski definition) is 4. The van der Waals surface area contributed by atoms with Crippen LogP contribution in [-0.4, -0.2) is 36.0 Å². The largest absolute Gasteiger partial charge is 0.393 e. The molecule has 0 spiro atoms. The molecule has 10 unspecified atom stereocenters.